The molecular formula is C13H21N3S2. The van der Waals surface area contributed by atoms with E-state index < -0.39 is 0 Å². The third kappa shape index (κ3) is 3.26. The zero-order chi connectivity index (χ0) is 13.0. The van der Waals surface area contributed by atoms with E-state index in [1.807, 2.05) is 23.3 Å². The van der Waals surface area contributed by atoms with Crippen LogP contribution in [0.25, 0.3) is 0 Å². The summed E-state index contributed by atoms with van der Waals surface area (Å²) in [6.07, 6.45) is 4.35. The highest BCUT2D eigenvalue weighted by atomic mass is 32.2. The largest absolute Gasteiger partial charge is 0.356 e. The lowest BCUT2D eigenvalue weighted by Crippen LogP contribution is -2.24. The van der Waals surface area contributed by atoms with Gasteiger partial charge in [0, 0.05) is 16.8 Å². The molecule has 0 saturated carbocycles. The maximum Gasteiger partial charge on any atom is 0.157 e. The second kappa shape index (κ2) is 6.57. The van der Waals surface area contributed by atoms with Gasteiger partial charge in [0.15, 0.2) is 5.17 Å². The second-order valence-corrected chi connectivity index (χ2v) is 6.77. The summed E-state index contributed by atoms with van der Waals surface area (Å²) in [5.74, 6) is 0.785. The van der Waals surface area contributed by atoms with Crippen LogP contribution in [0.4, 0.5) is 0 Å². The van der Waals surface area contributed by atoms with Crippen molar-refractivity contribution in [2.24, 2.45) is 10.9 Å². The van der Waals surface area contributed by atoms with Crippen LogP contribution >= 0.6 is 23.1 Å². The lowest BCUT2D eigenvalue weighted by Gasteiger charge is -2.19. The minimum Gasteiger partial charge on any atom is -0.356 e. The standard InChI is InChI=1S/C13H21N3S2/c1-4-10(5-2)11-8-15-13(18-11)16-9(3)12-14-6-7-17-12/h6-7,9-11H,4-5,8H2,1-3H3,(H,15,16). The Bertz CT molecular complexity index is 385. The normalized spacial score (nSPS) is 21.1. The van der Waals surface area contributed by atoms with Crippen molar-refractivity contribution in [2.75, 3.05) is 6.54 Å². The first-order valence-electron chi connectivity index (χ1n) is 6.61. The van der Waals surface area contributed by atoms with Crippen LogP contribution in [0, 0.1) is 5.92 Å². The highest BCUT2D eigenvalue weighted by Gasteiger charge is 2.26. The Kier molecular flexibility index (Phi) is 5.06. The number of hydrogen-bond donors (Lipinski definition) is 1. The molecule has 0 fully saturated rings. The highest BCUT2D eigenvalue weighted by molar-refractivity contribution is 8.14. The van der Waals surface area contributed by atoms with E-state index in [9.17, 15) is 0 Å². The quantitative estimate of drug-likeness (QED) is 0.895. The van der Waals surface area contributed by atoms with Crippen molar-refractivity contribution in [2.45, 2.75) is 44.9 Å². The molecule has 100 valence electrons. The van der Waals surface area contributed by atoms with Crippen molar-refractivity contribution in [1.82, 2.24) is 10.3 Å². The second-order valence-electron chi connectivity index (χ2n) is 4.62. The van der Waals surface area contributed by atoms with Crippen molar-refractivity contribution in [3.05, 3.63) is 16.6 Å². The van der Waals surface area contributed by atoms with Gasteiger partial charge in [-0.3, -0.25) is 4.99 Å². The number of thiazole rings is 1. The molecule has 1 aromatic rings. The molecule has 1 N–H and O–H groups in total. The molecule has 1 aromatic heterocycles. The molecule has 2 rings (SSSR count). The van der Waals surface area contributed by atoms with Crippen molar-refractivity contribution >= 4 is 28.3 Å². The summed E-state index contributed by atoms with van der Waals surface area (Å²) in [5, 5.41) is 8.37. The number of aromatic nitrogens is 1. The lowest BCUT2D eigenvalue weighted by molar-refractivity contribution is 0.479. The Morgan fingerprint density at radius 1 is 1.44 bits per heavy atom. The molecule has 2 atom stereocenters. The van der Waals surface area contributed by atoms with Gasteiger partial charge in [-0.2, -0.15) is 0 Å². The predicted molar refractivity (Wildman–Crippen MR) is 81.4 cm³/mol. The summed E-state index contributed by atoms with van der Waals surface area (Å²) in [5.41, 5.74) is 0. The van der Waals surface area contributed by atoms with Gasteiger partial charge in [0.2, 0.25) is 0 Å². The summed E-state index contributed by atoms with van der Waals surface area (Å²) in [6.45, 7) is 7.66. The maximum absolute atomic E-state index is 4.63. The molecule has 0 spiro atoms. The zero-order valence-corrected chi connectivity index (χ0v) is 12.9. The van der Waals surface area contributed by atoms with Gasteiger partial charge < -0.3 is 5.32 Å². The molecule has 0 amide bonds. The predicted octanol–water partition coefficient (Wildman–Crippen LogP) is 3.70. The number of nitrogens with zero attached hydrogens (tertiary/aromatic N) is 2. The van der Waals surface area contributed by atoms with Gasteiger partial charge in [-0.05, 0) is 12.8 Å². The topological polar surface area (TPSA) is 37.3 Å². The highest BCUT2D eigenvalue weighted by Crippen LogP contribution is 2.31. The third-order valence-corrected chi connectivity index (χ3v) is 5.68. The molecule has 0 radical (unpaired) electrons. The number of nitrogens with one attached hydrogen (secondary N) is 1. The van der Waals surface area contributed by atoms with E-state index in [2.05, 4.69) is 36.1 Å². The summed E-state index contributed by atoms with van der Waals surface area (Å²) in [6, 6.07) is 0.261. The first kappa shape index (κ1) is 13.9. The Hall–Kier alpha value is -0.550. The minimum absolute atomic E-state index is 0.261. The van der Waals surface area contributed by atoms with Crippen LogP contribution < -0.4 is 5.32 Å². The molecule has 3 nitrogen and oxygen atoms in total. The zero-order valence-electron chi connectivity index (χ0n) is 11.2. The Morgan fingerprint density at radius 2 is 2.22 bits per heavy atom. The van der Waals surface area contributed by atoms with Crippen LogP contribution in [-0.4, -0.2) is 21.9 Å². The number of hydrogen-bond acceptors (Lipinski definition) is 5. The fraction of sp³-hybridized carbons (Fsp3) is 0.692. The fourth-order valence-corrected chi connectivity index (χ4v) is 4.28. The van der Waals surface area contributed by atoms with Crippen molar-refractivity contribution in [1.29, 1.82) is 0 Å². The molecule has 18 heavy (non-hydrogen) atoms. The minimum atomic E-state index is 0.261. The average molecular weight is 283 g/mol. The van der Waals surface area contributed by atoms with Gasteiger partial charge in [-0.1, -0.05) is 38.5 Å². The van der Waals surface area contributed by atoms with Gasteiger partial charge in [0.25, 0.3) is 0 Å². The van der Waals surface area contributed by atoms with Gasteiger partial charge in [-0.15, -0.1) is 11.3 Å². The summed E-state index contributed by atoms with van der Waals surface area (Å²) < 4.78 is 0. The molecule has 0 saturated heterocycles. The Balaban J connectivity index is 1.86. The van der Waals surface area contributed by atoms with Gasteiger partial charge >= 0.3 is 0 Å². The van der Waals surface area contributed by atoms with E-state index in [1.165, 1.54) is 12.8 Å². The van der Waals surface area contributed by atoms with Gasteiger partial charge in [0.1, 0.15) is 5.01 Å². The van der Waals surface area contributed by atoms with E-state index >= 15 is 0 Å². The van der Waals surface area contributed by atoms with Crippen molar-refractivity contribution in [3.8, 4) is 0 Å². The number of amidine groups is 1. The van der Waals surface area contributed by atoms with E-state index in [0.29, 0.717) is 5.25 Å². The van der Waals surface area contributed by atoms with Gasteiger partial charge in [-0.25, -0.2) is 4.98 Å². The molecular weight excluding hydrogens is 262 g/mol. The first-order chi connectivity index (χ1) is 8.74. The van der Waals surface area contributed by atoms with Crippen LogP contribution in [-0.2, 0) is 0 Å². The third-order valence-electron chi connectivity index (χ3n) is 3.41. The maximum atomic E-state index is 4.63. The van der Waals surface area contributed by atoms with Crippen LogP contribution in [0.3, 0.4) is 0 Å². The molecule has 2 heterocycles. The first-order valence-corrected chi connectivity index (χ1v) is 8.37. The van der Waals surface area contributed by atoms with Crippen LogP contribution in [0.2, 0.25) is 0 Å². The lowest BCUT2D eigenvalue weighted by atomic mass is 9.99. The molecule has 1 aliphatic rings. The molecule has 5 heteroatoms. The van der Waals surface area contributed by atoms with Crippen molar-refractivity contribution in [3.63, 3.8) is 0 Å². The smallest absolute Gasteiger partial charge is 0.157 e. The van der Waals surface area contributed by atoms with Crippen LogP contribution in [0.15, 0.2) is 16.6 Å². The Labute approximate surface area is 118 Å². The van der Waals surface area contributed by atoms with Gasteiger partial charge in [0.05, 0.1) is 12.6 Å². The average Bonchev–Trinajstić information content (AvgIpc) is 3.01. The number of aliphatic imine (C=N–C) groups is 1. The van der Waals surface area contributed by atoms with E-state index in [4.69, 9.17) is 0 Å². The van der Waals surface area contributed by atoms with E-state index in [-0.39, 0.29) is 6.04 Å². The van der Waals surface area contributed by atoms with Crippen molar-refractivity contribution < 1.29 is 0 Å². The molecule has 0 aromatic carbocycles. The van der Waals surface area contributed by atoms with E-state index in [0.717, 1.165) is 22.6 Å². The van der Waals surface area contributed by atoms with Crippen LogP contribution in [0.5, 0.6) is 0 Å². The molecule has 0 aliphatic carbocycles. The fourth-order valence-electron chi connectivity index (χ4n) is 2.23. The molecule has 0 bridgehead atoms. The SMILES string of the molecule is CCC(CC)C1CN=C(NC(C)c2nccs2)S1. The van der Waals surface area contributed by atoms with E-state index in [1.54, 1.807) is 11.3 Å². The molecule has 2 unspecified atom stereocenters. The summed E-state index contributed by atoms with van der Waals surface area (Å²) >= 11 is 3.60. The number of thioether (sulfide) groups is 1. The summed E-state index contributed by atoms with van der Waals surface area (Å²) in [7, 11) is 0. The Morgan fingerprint density at radius 3 is 2.83 bits per heavy atom. The number of rotatable bonds is 5. The molecule has 1 aliphatic heterocycles. The van der Waals surface area contributed by atoms with Crippen LogP contribution in [0.1, 0.15) is 44.7 Å². The monoisotopic (exact) mass is 283 g/mol. The summed E-state index contributed by atoms with van der Waals surface area (Å²) in [4.78, 5) is 8.97.